The number of anilines is 1. The molecule has 0 radical (unpaired) electrons. The minimum absolute atomic E-state index is 0.0456. The van der Waals surface area contributed by atoms with Gasteiger partial charge in [-0.05, 0) is 36.4 Å². The van der Waals surface area contributed by atoms with Crippen LogP contribution in [0.15, 0.2) is 69.9 Å². The summed E-state index contributed by atoms with van der Waals surface area (Å²) in [5.41, 5.74) is 1.56. The summed E-state index contributed by atoms with van der Waals surface area (Å²) in [7, 11) is 0. The summed E-state index contributed by atoms with van der Waals surface area (Å²) in [6, 6.07) is 14.3. The SMILES string of the molecule is O=C(Nc1ccc(-c2nnco2)cc1)c1cc(-c2ccccc2F)on1. The van der Waals surface area contributed by atoms with E-state index in [1.807, 2.05) is 0 Å². The average molecular weight is 350 g/mol. The second-order valence-electron chi connectivity index (χ2n) is 5.33. The number of carbonyl (C=O) groups excluding carboxylic acids is 1. The minimum atomic E-state index is -0.470. The zero-order chi connectivity index (χ0) is 17.9. The molecule has 0 aliphatic heterocycles. The standard InChI is InChI=1S/C18H11FN4O3/c19-14-4-2-1-3-13(14)16-9-15(23-26-16)17(24)21-12-7-5-11(6-8-12)18-22-20-10-25-18/h1-10H,(H,21,24). The molecular weight excluding hydrogens is 339 g/mol. The number of hydrogen-bond acceptors (Lipinski definition) is 6. The number of halogens is 1. The summed E-state index contributed by atoms with van der Waals surface area (Å²) in [5, 5.41) is 13.8. The molecule has 0 saturated carbocycles. The largest absolute Gasteiger partial charge is 0.423 e. The van der Waals surface area contributed by atoms with Crippen LogP contribution in [0.25, 0.3) is 22.8 Å². The molecule has 1 N–H and O–H groups in total. The second kappa shape index (κ2) is 6.60. The van der Waals surface area contributed by atoms with Crippen molar-refractivity contribution in [2.75, 3.05) is 5.32 Å². The van der Waals surface area contributed by atoms with Crippen LogP contribution in [0.2, 0.25) is 0 Å². The van der Waals surface area contributed by atoms with Gasteiger partial charge >= 0.3 is 0 Å². The van der Waals surface area contributed by atoms with Gasteiger partial charge in [0.05, 0.1) is 5.56 Å². The Bertz CT molecular complexity index is 1040. The molecule has 0 atom stereocenters. The van der Waals surface area contributed by atoms with Crippen molar-refractivity contribution in [3.63, 3.8) is 0 Å². The maximum absolute atomic E-state index is 13.8. The van der Waals surface area contributed by atoms with E-state index < -0.39 is 11.7 Å². The van der Waals surface area contributed by atoms with Gasteiger partial charge in [0.15, 0.2) is 11.5 Å². The number of benzene rings is 2. The van der Waals surface area contributed by atoms with Crippen molar-refractivity contribution in [2.24, 2.45) is 0 Å². The van der Waals surface area contributed by atoms with Crippen LogP contribution in [0.1, 0.15) is 10.5 Å². The van der Waals surface area contributed by atoms with Crippen molar-refractivity contribution in [3.05, 3.63) is 72.5 Å². The first-order chi connectivity index (χ1) is 12.7. The van der Waals surface area contributed by atoms with Gasteiger partial charge in [0, 0.05) is 17.3 Å². The van der Waals surface area contributed by atoms with Crippen molar-refractivity contribution < 1.29 is 18.1 Å². The number of nitrogens with one attached hydrogen (secondary N) is 1. The minimum Gasteiger partial charge on any atom is -0.423 e. The van der Waals surface area contributed by atoms with Crippen molar-refractivity contribution in [1.82, 2.24) is 15.4 Å². The molecule has 0 aliphatic rings. The predicted molar refractivity (Wildman–Crippen MR) is 89.6 cm³/mol. The molecule has 0 unspecified atom stereocenters. The number of carbonyl (C=O) groups is 1. The maximum Gasteiger partial charge on any atom is 0.277 e. The second-order valence-corrected chi connectivity index (χ2v) is 5.33. The summed E-state index contributed by atoms with van der Waals surface area (Å²) < 4.78 is 24.0. The Morgan fingerprint density at radius 3 is 2.62 bits per heavy atom. The van der Waals surface area contributed by atoms with E-state index in [1.54, 1.807) is 42.5 Å². The van der Waals surface area contributed by atoms with Crippen LogP contribution in [0.5, 0.6) is 0 Å². The fraction of sp³-hybridized carbons (Fsp3) is 0. The van der Waals surface area contributed by atoms with Gasteiger partial charge in [0.25, 0.3) is 5.91 Å². The first kappa shape index (κ1) is 15.7. The van der Waals surface area contributed by atoms with Crippen molar-refractivity contribution in [3.8, 4) is 22.8 Å². The van der Waals surface area contributed by atoms with Gasteiger partial charge in [0.1, 0.15) is 5.82 Å². The molecule has 7 nitrogen and oxygen atoms in total. The molecule has 1 amide bonds. The van der Waals surface area contributed by atoms with Gasteiger partial charge in [-0.3, -0.25) is 4.79 Å². The van der Waals surface area contributed by atoms with E-state index in [4.69, 9.17) is 8.94 Å². The smallest absolute Gasteiger partial charge is 0.277 e. The lowest BCUT2D eigenvalue weighted by Gasteiger charge is -2.03. The predicted octanol–water partition coefficient (Wildman–Crippen LogP) is 3.78. The molecule has 0 bridgehead atoms. The molecule has 0 fully saturated rings. The van der Waals surface area contributed by atoms with Crippen LogP contribution in [0.4, 0.5) is 10.1 Å². The first-order valence-electron chi connectivity index (χ1n) is 7.60. The average Bonchev–Trinajstić information content (AvgIpc) is 3.35. The monoisotopic (exact) mass is 350 g/mol. The summed E-state index contributed by atoms with van der Waals surface area (Å²) in [5.74, 6) is -0.358. The summed E-state index contributed by atoms with van der Waals surface area (Å²) >= 11 is 0. The number of hydrogen-bond donors (Lipinski definition) is 1. The molecule has 0 aliphatic carbocycles. The maximum atomic E-state index is 13.8. The van der Waals surface area contributed by atoms with E-state index in [0.717, 1.165) is 5.56 Å². The lowest BCUT2D eigenvalue weighted by atomic mass is 10.1. The fourth-order valence-electron chi connectivity index (χ4n) is 2.36. The third-order valence-electron chi connectivity index (χ3n) is 3.63. The number of amides is 1. The molecular formula is C18H11FN4O3. The highest BCUT2D eigenvalue weighted by Gasteiger charge is 2.16. The van der Waals surface area contributed by atoms with E-state index in [2.05, 4.69) is 20.7 Å². The Labute approximate surface area is 146 Å². The highest BCUT2D eigenvalue weighted by molar-refractivity contribution is 6.03. The quantitative estimate of drug-likeness (QED) is 0.602. The Kier molecular flexibility index (Phi) is 3.98. The van der Waals surface area contributed by atoms with Crippen LogP contribution >= 0.6 is 0 Å². The van der Waals surface area contributed by atoms with Crippen LogP contribution in [0.3, 0.4) is 0 Å². The lowest BCUT2D eigenvalue weighted by Crippen LogP contribution is -2.11. The van der Waals surface area contributed by atoms with Crippen LogP contribution in [-0.4, -0.2) is 21.3 Å². The zero-order valence-electron chi connectivity index (χ0n) is 13.2. The van der Waals surface area contributed by atoms with Gasteiger partial charge in [-0.25, -0.2) is 4.39 Å². The summed E-state index contributed by atoms with van der Waals surface area (Å²) in [6.07, 6.45) is 1.24. The molecule has 2 heterocycles. The third-order valence-corrected chi connectivity index (χ3v) is 3.63. The first-order valence-corrected chi connectivity index (χ1v) is 7.60. The van der Waals surface area contributed by atoms with Crippen molar-refractivity contribution in [2.45, 2.75) is 0 Å². The fourth-order valence-corrected chi connectivity index (χ4v) is 2.36. The van der Waals surface area contributed by atoms with Gasteiger partial charge in [-0.1, -0.05) is 17.3 Å². The number of rotatable bonds is 4. The topological polar surface area (TPSA) is 94.1 Å². The van der Waals surface area contributed by atoms with Gasteiger partial charge in [-0.15, -0.1) is 10.2 Å². The van der Waals surface area contributed by atoms with E-state index >= 15 is 0 Å². The van der Waals surface area contributed by atoms with E-state index in [9.17, 15) is 9.18 Å². The molecule has 128 valence electrons. The van der Waals surface area contributed by atoms with Crippen molar-refractivity contribution in [1.29, 1.82) is 0 Å². The van der Waals surface area contributed by atoms with Crippen LogP contribution < -0.4 is 5.32 Å². The molecule has 2 aromatic heterocycles. The van der Waals surface area contributed by atoms with E-state index in [-0.39, 0.29) is 17.0 Å². The Morgan fingerprint density at radius 1 is 1.08 bits per heavy atom. The van der Waals surface area contributed by atoms with Crippen LogP contribution in [-0.2, 0) is 0 Å². The summed E-state index contributed by atoms with van der Waals surface area (Å²) in [4.78, 5) is 12.3. The molecule has 4 aromatic rings. The lowest BCUT2D eigenvalue weighted by molar-refractivity contribution is 0.101. The Hall–Kier alpha value is -3.81. The molecule has 2 aromatic carbocycles. The van der Waals surface area contributed by atoms with Crippen molar-refractivity contribution >= 4 is 11.6 Å². The Morgan fingerprint density at radius 2 is 1.88 bits per heavy atom. The third kappa shape index (κ3) is 3.07. The highest BCUT2D eigenvalue weighted by Crippen LogP contribution is 2.24. The van der Waals surface area contributed by atoms with E-state index in [1.165, 1.54) is 18.5 Å². The zero-order valence-corrected chi connectivity index (χ0v) is 13.2. The van der Waals surface area contributed by atoms with Gasteiger partial charge in [0.2, 0.25) is 12.3 Å². The molecule has 26 heavy (non-hydrogen) atoms. The van der Waals surface area contributed by atoms with Crippen LogP contribution in [0, 0.1) is 5.82 Å². The Balaban J connectivity index is 1.49. The molecule has 0 spiro atoms. The number of nitrogens with zero attached hydrogens (tertiary/aromatic N) is 3. The molecule has 8 heteroatoms. The highest BCUT2D eigenvalue weighted by atomic mass is 19.1. The van der Waals surface area contributed by atoms with E-state index in [0.29, 0.717) is 11.6 Å². The van der Waals surface area contributed by atoms with Gasteiger partial charge in [-0.2, -0.15) is 0 Å². The van der Waals surface area contributed by atoms with Gasteiger partial charge < -0.3 is 14.3 Å². The normalized spacial score (nSPS) is 10.7. The summed E-state index contributed by atoms with van der Waals surface area (Å²) in [6.45, 7) is 0. The molecule has 0 saturated heterocycles. The number of aromatic nitrogens is 3. The molecule has 4 rings (SSSR count).